The number of nitrogens with two attached hydrogens (primary N) is 2. The molecule has 9 heteroatoms. The van der Waals surface area contributed by atoms with E-state index in [1.165, 1.54) is 12.1 Å². The number of aromatic nitrogens is 1. The molecule has 184 valence electrons. The number of pyridine rings is 1. The number of anilines is 1. The molecule has 0 saturated carbocycles. The van der Waals surface area contributed by atoms with Gasteiger partial charge >= 0.3 is 0 Å². The Labute approximate surface area is 212 Å². The smallest absolute Gasteiger partial charge is 0.271 e. The zero-order chi connectivity index (χ0) is 26.1. The van der Waals surface area contributed by atoms with Crippen molar-refractivity contribution < 1.29 is 13.9 Å². The number of aliphatic imine (C=N–C) groups is 1. The van der Waals surface area contributed by atoms with Crippen LogP contribution in [0.1, 0.15) is 45.8 Å². The minimum absolute atomic E-state index is 0.0868. The minimum atomic E-state index is -0.770. The molecule has 4 N–H and O–H groups in total. The summed E-state index contributed by atoms with van der Waals surface area (Å²) < 4.78 is 12.5. The third kappa shape index (κ3) is 4.67. The molecule has 2 aromatic heterocycles. The second-order valence-electron chi connectivity index (χ2n) is 8.45. The summed E-state index contributed by atoms with van der Waals surface area (Å²) in [6.45, 7) is 5.39. The van der Waals surface area contributed by atoms with Crippen LogP contribution in [0.2, 0.25) is 5.15 Å². The van der Waals surface area contributed by atoms with Crippen molar-refractivity contribution in [2.75, 3.05) is 12.8 Å². The average molecular weight is 505 g/mol. The number of hydrogen-bond donors (Lipinski definition) is 2. The van der Waals surface area contributed by atoms with Crippen molar-refractivity contribution >= 4 is 40.4 Å². The van der Waals surface area contributed by atoms with E-state index in [0.717, 1.165) is 5.56 Å². The molecule has 0 saturated heterocycles. The summed E-state index contributed by atoms with van der Waals surface area (Å²) in [5.74, 6) is -0.180. The first kappa shape index (κ1) is 24.9. The van der Waals surface area contributed by atoms with E-state index in [2.05, 4.69) is 9.98 Å². The Bertz CT molecular complexity index is 1590. The van der Waals surface area contributed by atoms with Gasteiger partial charge in [0.15, 0.2) is 16.9 Å². The van der Waals surface area contributed by atoms with E-state index in [9.17, 15) is 9.59 Å². The van der Waals surface area contributed by atoms with Gasteiger partial charge in [0.05, 0.1) is 5.39 Å². The first-order chi connectivity index (χ1) is 17.1. The van der Waals surface area contributed by atoms with Gasteiger partial charge in [-0.15, -0.1) is 0 Å². The summed E-state index contributed by atoms with van der Waals surface area (Å²) in [5, 5.41) is 0.545. The lowest BCUT2D eigenvalue weighted by molar-refractivity contribution is 0.0988. The van der Waals surface area contributed by atoms with Crippen LogP contribution in [0, 0.1) is 13.8 Å². The molecule has 0 aliphatic rings. The van der Waals surface area contributed by atoms with Crippen LogP contribution in [0.3, 0.4) is 0 Å². The highest BCUT2D eigenvalue weighted by Gasteiger charge is 2.22. The number of nitrogens with zero attached hydrogens (tertiary/aromatic N) is 2. The first-order valence-corrected chi connectivity index (χ1v) is 11.5. The number of ether oxygens (including phenoxy) is 1. The van der Waals surface area contributed by atoms with Gasteiger partial charge in [-0.3, -0.25) is 14.6 Å². The van der Waals surface area contributed by atoms with Gasteiger partial charge in [-0.05, 0) is 68.8 Å². The molecule has 1 unspecified atom stereocenters. The van der Waals surface area contributed by atoms with Gasteiger partial charge in [0.25, 0.3) is 5.91 Å². The summed E-state index contributed by atoms with van der Waals surface area (Å²) in [4.78, 5) is 33.3. The Morgan fingerprint density at radius 1 is 1.19 bits per heavy atom. The Kier molecular flexibility index (Phi) is 6.81. The largest absolute Gasteiger partial charge is 0.483 e. The summed E-state index contributed by atoms with van der Waals surface area (Å²) in [7, 11) is 1.66. The third-order valence-electron chi connectivity index (χ3n) is 5.81. The van der Waals surface area contributed by atoms with Crippen molar-refractivity contribution in [3.8, 4) is 17.1 Å². The van der Waals surface area contributed by atoms with Crippen LogP contribution < -0.4 is 21.6 Å². The second-order valence-corrected chi connectivity index (χ2v) is 8.84. The SMILES string of the molecule is CN=Cc1cc(-c2oc3c(C(C)Oc4ccc(Cl)nc4C(N)=O)cc(C)cc3c(=O)c2C)ccc1N. The molecule has 0 radical (unpaired) electrons. The fraction of sp³-hybridized carbons (Fsp3) is 0.185. The van der Waals surface area contributed by atoms with Crippen molar-refractivity contribution in [1.29, 1.82) is 0 Å². The van der Waals surface area contributed by atoms with Gasteiger partial charge in [-0.1, -0.05) is 11.6 Å². The fourth-order valence-corrected chi connectivity index (χ4v) is 4.21. The van der Waals surface area contributed by atoms with E-state index in [1.807, 2.05) is 19.1 Å². The summed E-state index contributed by atoms with van der Waals surface area (Å²) in [5.41, 5.74) is 15.6. The monoisotopic (exact) mass is 504 g/mol. The number of carbonyl (C=O) groups is 1. The number of hydrogen-bond acceptors (Lipinski definition) is 7. The van der Waals surface area contributed by atoms with Crippen LogP contribution in [-0.2, 0) is 0 Å². The third-order valence-corrected chi connectivity index (χ3v) is 6.02. The van der Waals surface area contributed by atoms with Crippen LogP contribution in [0.15, 0.2) is 56.7 Å². The van der Waals surface area contributed by atoms with Crippen LogP contribution in [-0.4, -0.2) is 24.2 Å². The number of primary amides is 1. The number of rotatable bonds is 6. The van der Waals surface area contributed by atoms with Gasteiger partial charge in [-0.25, -0.2) is 4.98 Å². The minimum Gasteiger partial charge on any atom is -0.483 e. The molecule has 2 heterocycles. The van der Waals surface area contributed by atoms with Gasteiger partial charge in [0.2, 0.25) is 0 Å². The van der Waals surface area contributed by atoms with Gasteiger partial charge < -0.3 is 20.6 Å². The van der Waals surface area contributed by atoms with E-state index >= 15 is 0 Å². The number of benzene rings is 2. The lowest BCUT2D eigenvalue weighted by atomic mass is 9.99. The van der Waals surface area contributed by atoms with Crippen LogP contribution >= 0.6 is 11.6 Å². The molecular formula is C27H25ClN4O4. The highest BCUT2D eigenvalue weighted by atomic mass is 35.5. The zero-order valence-electron chi connectivity index (χ0n) is 20.3. The number of halogens is 1. The number of carbonyl (C=O) groups excluding carboxylic acids is 1. The standard InChI is InChI=1S/C27H25ClN4O4/c1-13-9-18(15(3)35-21-7-8-22(28)32-23(21)27(30)34)26-19(10-13)24(33)14(2)25(36-26)16-5-6-20(29)17(11-16)12-31-4/h5-12,15H,29H2,1-4H3,(H2,30,34). The second kappa shape index (κ2) is 9.83. The maximum Gasteiger partial charge on any atom is 0.271 e. The Hall–Kier alpha value is -4.17. The molecule has 0 spiro atoms. The lowest BCUT2D eigenvalue weighted by Gasteiger charge is -2.19. The molecular weight excluding hydrogens is 480 g/mol. The maximum absolute atomic E-state index is 13.4. The predicted octanol–water partition coefficient (Wildman–Crippen LogP) is 5.00. The van der Waals surface area contributed by atoms with Crippen LogP contribution in [0.5, 0.6) is 5.75 Å². The molecule has 4 aromatic rings. The predicted molar refractivity (Wildman–Crippen MR) is 142 cm³/mol. The van der Waals surface area contributed by atoms with Crippen molar-refractivity contribution in [2.45, 2.75) is 26.9 Å². The van der Waals surface area contributed by atoms with Crippen molar-refractivity contribution in [3.63, 3.8) is 0 Å². The van der Waals surface area contributed by atoms with Crippen molar-refractivity contribution in [2.24, 2.45) is 10.7 Å². The maximum atomic E-state index is 13.4. The molecule has 1 atom stereocenters. The Morgan fingerprint density at radius 2 is 1.94 bits per heavy atom. The average Bonchev–Trinajstić information content (AvgIpc) is 2.83. The Morgan fingerprint density at radius 3 is 2.64 bits per heavy atom. The van der Waals surface area contributed by atoms with E-state index in [0.29, 0.717) is 44.7 Å². The van der Waals surface area contributed by atoms with Gasteiger partial charge in [0, 0.05) is 41.2 Å². The molecule has 1 amide bonds. The molecule has 8 nitrogen and oxygen atoms in total. The number of aryl methyl sites for hydroxylation is 1. The van der Waals surface area contributed by atoms with E-state index in [4.69, 9.17) is 32.2 Å². The quantitative estimate of drug-likeness (QED) is 0.216. The first-order valence-electron chi connectivity index (χ1n) is 11.1. The highest BCUT2D eigenvalue weighted by molar-refractivity contribution is 6.29. The number of amides is 1. The summed E-state index contributed by atoms with van der Waals surface area (Å²) >= 11 is 5.92. The topological polar surface area (TPSA) is 134 Å². The highest BCUT2D eigenvalue weighted by Crippen LogP contribution is 2.34. The fourth-order valence-electron chi connectivity index (χ4n) is 4.06. The molecule has 36 heavy (non-hydrogen) atoms. The molecule has 0 aliphatic heterocycles. The molecule has 0 bridgehead atoms. The van der Waals surface area contributed by atoms with E-state index in [-0.39, 0.29) is 22.0 Å². The van der Waals surface area contributed by atoms with Gasteiger partial charge in [0.1, 0.15) is 22.6 Å². The van der Waals surface area contributed by atoms with E-state index < -0.39 is 12.0 Å². The number of nitrogen functional groups attached to an aromatic ring is 1. The van der Waals surface area contributed by atoms with Gasteiger partial charge in [-0.2, -0.15) is 0 Å². The normalized spacial score (nSPS) is 12.2. The zero-order valence-corrected chi connectivity index (χ0v) is 21.0. The molecule has 0 aliphatic carbocycles. The van der Waals surface area contributed by atoms with Crippen molar-refractivity contribution in [3.05, 3.63) is 85.8 Å². The Balaban J connectivity index is 1.90. The van der Waals surface area contributed by atoms with E-state index in [1.54, 1.807) is 45.3 Å². The molecule has 4 rings (SSSR count). The van der Waals surface area contributed by atoms with Crippen molar-refractivity contribution in [1.82, 2.24) is 4.98 Å². The van der Waals surface area contributed by atoms with Crippen LogP contribution in [0.4, 0.5) is 5.69 Å². The molecule has 2 aromatic carbocycles. The molecule has 0 fully saturated rings. The summed E-state index contributed by atoms with van der Waals surface area (Å²) in [6, 6.07) is 12.1. The lowest BCUT2D eigenvalue weighted by Crippen LogP contribution is -2.17. The number of fused-ring (bicyclic) bond motifs is 1. The summed E-state index contributed by atoms with van der Waals surface area (Å²) in [6.07, 6.45) is 1.02. The van der Waals surface area contributed by atoms with Crippen LogP contribution in [0.25, 0.3) is 22.3 Å².